The molecule has 2 aromatic heterocycles. The van der Waals surface area contributed by atoms with Crippen LogP contribution in [0.3, 0.4) is 0 Å². The van der Waals surface area contributed by atoms with Crippen LogP contribution >= 0.6 is 0 Å². The van der Waals surface area contributed by atoms with E-state index in [1.54, 1.807) is 24.1 Å². The minimum atomic E-state index is -2.74. The van der Waals surface area contributed by atoms with Gasteiger partial charge in [0.1, 0.15) is 5.82 Å². The van der Waals surface area contributed by atoms with E-state index in [0.717, 1.165) is 10.9 Å². The topological polar surface area (TPSA) is 75.4 Å². The molecule has 0 radical (unpaired) electrons. The van der Waals surface area contributed by atoms with Crippen LogP contribution in [0.2, 0.25) is 0 Å². The number of hydrogen-bond donors (Lipinski definition) is 1. The third-order valence-corrected chi connectivity index (χ3v) is 3.49. The quantitative estimate of drug-likeness (QED) is 0.918. The fourth-order valence-corrected chi connectivity index (χ4v) is 2.29. The monoisotopic (exact) mass is 296 g/mol. The van der Waals surface area contributed by atoms with Crippen molar-refractivity contribution in [1.82, 2.24) is 24.7 Å². The summed E-state index contributed by atoms with van der Waals surface area (Å²) in [5.41, 5.74) is 0.260. The summed E-state index contributed by atoms with van der Waals surface area (Å²) < 4.78 is 26.6. The molecule has 3 heterocycles. The van der Waals surface area contributed by atoms with E-state index >= 15 is 0 Å². The van der Waals surface area contributed by atoms with E-state index in [4.69, 9.17) is 0 Å². The molecule has 1 amide bonds. The van der Waals surface area contributed by atoms with Crippen molar-refractivity contribution >= 4 is 17.4 Å². The van der Waals surface area contributed by atoms with Crippen molar-refractivity contribution in [3.63, 3.8) is 0 Å². The van der Waals surface area contributed by atoms with Gasteiger partial charge in [0.25, 0.3) is 6.43 Å². The summed E-state index contributed by atoms with van der Waals surface area (Å²) in [7, 11) is 1.76. The smallest absolute Gasteiger partial charge is 0.299 e. The SMILES string of the molecule is CN1CCC(Nc2ccc3nnc(C(F)F)n3n2)CC1=O. The van der Waals surface area contributed by atoms with Crippen LogP contribution in [0.5, 0.6) is 0 Å². The largest absolute Gasteiger partial charge is 0.365 e. The van der Waals surface area contributed by atoms with Gasteiger partial charge in [0.2, 0.25) is 11.7 Å². The average molecular weight is 296 g/mol. The Kier molecular flexibility index (Phi) is 3.40. The van der Waals surface area contributed by atoms with Crippen LogP contribution < -0.4 is 5.32 Å². The summed E-state index contributed by atoms with van der Waals surface area (Å²) in [6, 6.07) is 3.15. The summed E-state index contributed by atoms with van der Waals surface area (Å²) in [6.07, 6.45) is -1.60. The lowest BCUT2D eigenvalue weighted by Crippen LogP contribution is -2.41. The van der Waals surface area contributed by atoms with Crippen LogP contribution in [0.15, 0.2) is 12.1 Å². The Hall–Kier alpha value is -2.32. The first-order valence-corrected chi connectivity index (χ1v) is 6.55. The molecule has 1 atom stereocenters. The van der Waals surface area contributed by atoms with Crippen molar-refractivity contribution in [1.29, 1.82) is 0 Å². The maximum atomic E-state index is 12.8. The van der Waals surface area contributed by atoms with Gasteiger partial charge < -0.3 is 10.2 Å². The molecular weight excluding hydrogens is 282 g/mol. The highest BCUT2D eigenvalue weighted by atomic mass is 19.3. The predicted octanol–water partition coefficient (Wildman–Crippen LogP) is 1.09. The van der Waals surface area contributed by atoms with Gasteiger partial charge in [0.05, 0.1) is 0 Å². The normalized spacial score (nSPS) is 19.5. The number of amides is 1. The van der Waals surface area contributed by atoms with Gasteiger partial charge in [0, 0.05) is 26.1 Å². The predicted molar refractivity (Wildman–Crippen MR) is 70.0 cm³/mol. The Morgan fingerprint density at radius 1 is 1.38 bits per heavy atom. The van der Waals surface area contributed by atoms with Crippen LogP contribution in [0, 0.1) is 0 Å². The Morgan fingerprint density at radius 3 is 2.90 bits per heavy atom. The Balaban J connectivity index is 1.81. The highest BCUT2D eigenvalue weighted by Crippen LogP contribution is 2.19. The molecule has 1 saturated heterocycles. The number of likely N-dealkylation sites (tertiary alicyclic amines) is 1. The summed E-state index contributed by atoms with van der Waals surface area (Å²) in [6.45, 7) is 0.660. The number of alkyl halides is 2. The van der Waals surface area contributed by atoms with Gasteiger partial charge >= 0.3 is 0 Å². The highest BCUT2D eigenvalue weighted by Gasteiger charge is 2.24. The standard InChI is InChI=1S/C12H14F2N6O/c1-19-5-4-7(6-10(19)21)15-8-2-3-9-16-17-12(11(13)14)20(9)18-8/h2-3,7,11H,4-6H2,1H3,(H,15,18). The van der Waals surface area contributed by atoms with Crippen molar-refractivity contribution in [2.45, 2.75) is 25.3 Å². The number of nitrogens with one attached hydrogen (secondary N) is 1. The number of carbonyl (C=O) groups excluding carboxylic acids is 1. The van der Waals surface area contributed by atoms with Crippen molar-refractivity contribution < 1.29 is 13.6 Å². The molecule has 2 aromatic rings. The maximum absolute atomic E-state index is 12.8. The second kappa shape index (κ2) is 5.23. The molecule has 0 bridgehead atoms. The lowest BCUT2D eigenvalue weighted by molar-refractivity contribution is -0.132. The molecule has 1 fully saturated rings. The number of fused-ring (bicyclic) bond motifs is 1. The van der Waals surface area contributed by atoms with E-state index < -0.39 is 12.2 Å². The van der Waals surface area contributed by atoms with Gasteiger partial charge in [-0.1, -0.05) is 0 Å². The first-order valence-electron chi connectivity index (χ1n) is 6.55. The number of aromatic nitrogens is 4. The summed E-state index contributed by atoms with van der Waals surface area (Å²) in [5.74, 6) is -0.0166. The fourth-order valence-electron chi connectivity index (χ4n) is 2.29. The number of anilines is 1. The molecule has 1 aliphatic heterocycles. The third kappa shape index (κ3) is 2.63. The molecule has 112 valence electrons. The Morgan fingerprint density at radius 2 is 2.19 bits per heavy atom. The Labute approximate surface area is 118 Å². The molecule has 1 unspecified atom stereocenters. The van der Waals surface area contributed by atoms with E-state index in [1.807, 2.05) is 0 Å². The molecule has 0 spiro atoms. The highest BCUT2D eigenvalue weighted by molar-refractivity contribution is 5.77. The van der Waals surface area contributed by atoms with E-state index in [9.17, 15) is 13.6 Å². The third-order valence-electron chi connectivity index (χ3n) is 3.49. The molecule has 3 rings (SSSR count). The molecule has 9 heteroatoms. The van der Waals surface area contributed by atoms with Gasteiger partial charge in [-0.15, -0.1) is 15.3 Å². The average Bonchev–Trinajstić information content (AvgIpc) is 2.86. The van der Waals surface area contributed by atoms with Crippen molar-refractivity contribution in [2.75, 3.05) is 18.9 Å². The van der Waals surface area contributed by atoms with Gasteiger partial charge in [0.15, 0.2) is 5.65 Å². The van der Waals surface area contributed by atoms with Crippen LogP contribution in [0.25, 0.3) is 5.65 Å². The summed E-state index contributed by atoms with van der Waals surface area (Å²) in [4.78, 5) is 13.3. The number of halogens is 2. The molecule has 0 aliphatic carbocycles. The number of rotatable bonds is 3. The van der Waals surface area contributed by atoms with Crippen LogP contribution in [0.4, 0.5) is 14.6 Å². The van der Waals surface area contributed by atoms with Gasteiger partial charge in [-0.2, -0.15) is 4.52 Å². The van der Waals surface area contributed by atoms with Crippen LogP contribution in [-0.4, -0.2) is 50.3 Å². The molecule has 21 heavy (non-hydrogen) atoms. The molecule has 0 aromatic carbocycles. The van der Waals surface area contributed by atoms with E-state index in [-0.39, 0.29) is 17.6 Å². The zero-order valence-electron chi connectivity index (χ0n) is 11.3. The second-order valence-electron chi connectivity index (χ2n) is 5.00. The van der Waals surface area contributed by atoms with Gasteiger partial charge in [-0.25, -0.2) is 8.78 Å². The molecular formula is C12H14F2N6O. The number of carbonyl (C=O) groups is 1. The zero-order chi connectivity index (χ0) is 15.0. The first kappa shape index (κ1) is 13.7. The zero-order valence-corrected chi connectivity index (χ0v) is 11.3. The second-order valence-corrected chi connectivity index (χ2v) is 5.00. The fraction of sp³-hybridized carbons (Fsp3) is 0.500. The van der Waals surface area contributed by atoms with Gasteiger partial charge in [-0.05, 0) is 18.6 Å². The van der Waals surface area contributed by atoms with Crippen molar-refractivity contribution in [3.8, 4) is 0 Å². The number of nitrogens with zero attached hydrogens (tertiary/aromatic N) is 5. The van der Waals surface area contributed by atoms with Crippen molar-refractivity contribution in [3.05, 3.63) is 18.0 Å². The summed E-state index contributed by atoms with van der Waals surface area (Å²) in [5, 5.41) is 14.2. The van der Waals surface area contributed by atoms with Crippen LogP contribution in [0.1, 0.15) is 25.1 Å². The minimum absolute atomic E-state index is 0.0508. The first-order chi connectivity index (χ1) is 10.0. The number of piperidine rings is 1. The van der Waals surface area contributed by atoms with Crippen molar-refractivity contribution in [2.24, 2.45) is 0 Å². The molecule has 0 saturated carbocycles. The lowest BCUT2D eigenvalue weighted by Gasteiger charge is -2.29. The summed E-state index contributed by atoms with van der Waals surface area (Å²) >= 11 is 0. The van der Waals surface area contributed by atoms with Gasteiger partial charge in [-0.3, -0.25) is 4.79 Å². The lowest BCUT2D eigenvalue weighted by atomic mass is 10.1. The maximum Gasteiger partial charge on any atom is 0.299 e. The minimum Gasteiger partial charge on any atom is -0.365 e. The molecule has 7 nitrogen and oxygen atoms in total. The molecule has 1 aliphatic rings. The molecule has 1 N–H and O–H groups in total. The van der Waals surface area contributed by atoms with E-state index in [1.165, 1.54) is 0 Å². The van der Waals surface area contributed by atoms with E-state index in [2.05, 4.69) is 20.6 Å². The van der Waals surface area contributed by atoms with Crippen LogP contribution in [-0.2, 0) is 4.79 Å². The Bertz CT molecular complexity index is 673. The van der Waals surface area contributed by atoms with E-state index in [0.29, 0.717) is 18.8 Å². The number of hydrogen-bond acceptors (Lipinski definition) is 5.